The second kappa shape index (κ2) is 8.88. The highest BCUT2D eigenvalue weighted by Gasteiger charge is 2.46. The van der Waals surface area contributed by atoms with E-state index in [1.165, 1.54) is 12.1 Å². The number of anilines is 2. The fourth-order valence-corrected chi connectivity index (χ4v) is 4.29. The van der Waals surface area contributed by atoms with Gasteiger partial charge in [-0.1, -0.05) is 18.2 Å². The maximum atomic E-state index is 12.7. The normalized spacial score (nSPS) is 15.7. The van der Waals surface area contributed by atoms with Gasteiger partial charge in [-0.25, -0.2) is 8.42 Å². The summed E-state index contributed by atoms with van der Waals surface area (Å²) in [6, 6.07) is 10.5. The quantitative estimate of drug-likeness (QED) is 0.749. The van der Waals surface area contributed by atoms with Crippen LogP contribution in [0, 0.1) is 13.8 Å². The van der Waals surface area contributed by atoms with E-state index in [1.54, 1.807) is 0 Å². The van der Waals surface area contributed by atoms with E-state index in [-0.39, 0.29) is 12.5 Å². The number of sulfone groups is 1. The first-order valence-electron chi connectivity index (χ1n) is 9.74. The lowest BCUT2D eigenvalue weighted by Crippen LogP contribution is -2.48. The second-order valence-electron chi connectivity index (χ2n) is 7.52. The molecule has 0 aromatic heterocycles. The molecule has 1 heterocycles. The molecule has 168 valence electrons. The molecule has 1 aliphatic rings. The Bertz CT molecular complexity index is 1030. The van der Waals surface area contributed by atoms with Crippen LogP contribution in [0.4, 0.5) is 24.5 Å². The van der Waals surface area contributed by atoms with Gasteiger partial charge in [0.15, 0.2) is 0 Å². The summed E-state index contributed by atoms with van der Waals surface area (Å²) >= 11 is 0. The number of hydrogen-bond donors (Lipinski definition) is 1. The smallest absolute Gasteiger partial charge is 0.369 e. The molecule has 1 fully saturated rings. The molecule has 10 heteroatoms. The predicted molar refractivity (Wildman–Crippen MR) is 113 cm³/mol. The van der Waals surface area contributed by atoms with Gasteiger partial charge in [-0.05, 0) is 49.2 Å². The third-order valence-electron chi connectivity index (χ3n) is 5.30. The number of aryl methyl sites for hydroxylation is 2. The molecule has 0 atom stereocenters. The lowest BCUT2D eigenvalue weighted by atomic mass is 10.1. The summed E-state index contributed by atoms with van der Waals surface area (Å²) in [5, 5.41) is 2.96. The van der Waals surface area contributed by atoms with E-state index in [1.807, 2.05) is 41.8 Å². The van der Waals surface area contributed by atoms with Crippen molar-refractivity contribution in [1.82, 2.24) is 4.90 Å². The summed E-state index contributed by atoms with van der Waals surface area (Å²) in [6.07, 6.45) is 0. The van der Waals surface area contributed by atoms with Crippen molar-refractivity contribution in [2.75, 3.05) is 42.9 Å². The average molecular weight is 456 g/mol. The molecule has 0 saturated carbocycles. The number of rotatable bonds is 5. The molecular formula is C21H24F3N3O3S. The van der Waals surface area contributed by atoms with Crippen molar-refractivity contribution in [3.63, 3.8) is 0 Å². The van der Waals surface area contributed by atoms with Gasteiger partial charge in [0.25, 0.3) is 9.84 Å². The Morgan fingerprint density at radius 2 is 1.52 bits per heavy atom. The SMILES string of the molecule is Cc1cccc(C)c1NC(=O)CN1CCN(c2ccc(S(=O)(=O)C(F)(F)F)cc2)CC1. The van der Waals surface area contributed by atoms with Crippen LogP contribution in [0.25, 0.3) is 0 Å². The summed E-state index contributed by atoms with van der Waals surface area (Å²) in [4.78, 5) is 15.6. The van der Waals surface area contributed by atoms with Crippen molar-refractivity contribution in [2.24, 2.45) is 0 Å². The van der Waals surface area contributed by atoms with Crippen LogP contribution in [-0.2, 0) is 14.6 Å². The van der Waals surface area contributed by atoms with Gasteiger partial charge in [0.05, 0.1) is 11.4 Å². The highest BCUT2D eigenvalue weighted by molar-refractivity contribution is 7.92. The fraction of sp³-hybridized carbons (Fsp3) is 0.381. The Morgan fingerprint density at radius 3 is 2.03 bits per heavy atom. The van der Waals surface area contributed by atoms with Crippen LogP contribution in [-0.4, -0.2) is 57.5 Å². The van der Waals surface area contributed by atoms with Crippen LogP contribution >= 0.6 is 0 Å². The summed E-state index contributed by atoms with van der Waals surface area (Å²) in [5.41, 5.74) is -1.87. The van der Waals surface area contributed by atoms with Gasteiger partial charge < -0.3 is 10.2 Å². The first-order valence-corrected chi connectivity index (χ1v) is 11.2. The molecule has 1 amide bonds. The molecule has 0 bridgehead atoms. The minimum atomic E-state index is -5.35. The molecule has 0 spiro atoms. The largest absolute Gasteiger partial charge is 0.501 e. The molecule has 6 nitrogen and oxygen atoms in total. The predicted octanol–water partition coefficient (Wildman–Crippen LogP) is 3.36. The van der Waals surface area contributed by atoms with Crippen LogP contribution in [0.15, 0.2) is 47.4 Å². The highest BCUT2D eigenvalue weighted by atomic mass is 32.2. The van der Waals surface area contributed by atoms with Crippen LogP contribution in [0.5, 0.6) is 0 Å². The van der Waals surface area contributed by atoms with E-state index in [0.29, 0.717) is 31.9 Å². The van der Waals surface area contributed by atoms with Gasteiger partial charge in [-0.2, -0.15) is 13.2 Å². The number of benzene rings is 2. The van der Waals surface area contributed by atoms with E-state index in [4.69, 9.17) is 0 Å². The first kappa shape index (κ1) is 23.1. The van der Waals surface area contributed by atoms with Crippen LogP contribution in [0.2, 0.25) is 0 Å². The molecule has 2 aromatic rings. The van der Waals surface area contributed by atoms with Crippen molar-refractivity contribution < 1.29 is 26.4 Å². The topological polar surface area (TPSA) is 69.7 Å². The van der Waals surface area contributed by atoms with E-state index in [9.17, 15) is 26.4 Å². The number of carbonyl (C=O) groups is 1. The monoisotopic (exact) mass is 455 g/mol. The van der Waals surface area contributed by atoms with Crippen LogP contribution in [0.3, 0.4) is 0 Å². The summed E-state index contributed by atoms with van der Waals surface area (Å²) < 4.78 is 61.0. The molecule has 0 aliphatic carbocycles. The fourth-order valence-electron chi connectivity index (χ4n) is 3.53. The molecule has 1 N–H and O–H groups in total. The molecule has 31 heavy (non-hydrogen) atoms. The van der Waals surface area contributed by atoms with Gasteiger partial charge in [0.1, 0.15) is 0 Å². The number of hydrogen-bond acceptors (Lipinski definition) is 5. The molecule has 1 aliphatic heterocycles. The highest BCUT2D eigenvalue weighted by Crippen LogP contribution is 2.31. The molecule has 0 unspecified atom stereocenters. The maximum Gasteiger partial charge on any atom is 0.501 e. The molecular weight excluding hydrogens is 431 g/mol. The number of piperazine rings is 1. The third kappa shape index (κ3) is 5.19. The lowest BCUT2D eigenvalue weighted by Gasteiger charge is -2.35. The van der Waals surface area contributed by atoms with Crippen LogP contribution in [0.1, 0.15) is 11.1 Å². The number of nitrogens with one attached hydrogen (secondary N) is 1. The Hall–Kier alpha value is -2.59. The number of carbonyl (C=O) groups excluding carboxylic acids is 1. The molecule has 2 aromatic carbocycles. The van der Waals surface area contributed by atoms with Gasteiger partial charge in [0.2, 0.25) is 5.91 Å². The van der Waals surface area contributed by atoms with E-state index in [2.05, 4.69) is 5.32 Å². The van der Waals surface area contributed by atoms with Gasteiger partial charge in [-0.15, -0.1) is 0 Å². The Labute approximate surface area is 179 Å². The maximum absolute atomic E-state index is 12.7. The van der Waals surface area contributed by atoms with E-state index < -0.39 is 20.2 Å². The summed E-state index contributed by atoms with van der Waals surface area (Å²) in [6.45, 7) is 6.46. The Kier molecular flexibility index (Phi) is 6.61. The zero-order valence-corrected chi connectivity index (χ0v) is 18.1. The number of alkyl halides is 3. The zero-order valence-electron chi connectivity index (χ0n) is 17.2. The van der Waals surface area contributed by atoms with E-state index >= 15 is 0 Å². The summed E-state index contributed by atoms with van der Waals surface area (Å²) in [5.74, 6) is -0.104. The van der Waals surface area contributed by atoms with Crippen molar-refractivity contribution in [3.05, 3.63) is 53.6 Å². The second-order valence-corrected chi connectivity index (χ2v) is 9.46. The number of amides is 1. The summed E-state index contributed by atoms with van der Waals surface area (Å²) in [7, 11) is -5.35. The standard InChI is InChI=1S/C21H24F3N3O3S/c1-15-4-3-5-16(2)20(15)25-19(28)14-26-10-12-27(13-11-26)17-6-8-18(9-7-17)31(29,30)21(22,23)24/h3-9H,10-14H2,1-2H3,(H,25,28). The Balaban J connectivity index is 1.55. The average Bonchev–Trinajstić information content (AvgIpc) is 2.71. The number of para-hydroxylation sites is 1. The van der Waals surface area contributed by atoms with Gasteiger partial charge in [-0.3, -0.25) is 9.69 Å². The van der Waals surface area contributed by atoms with Crippen LogP contribution < -0.4 is 10.2 Å². The lowest BCUT2D eigenvalue weighted by molar-refractivity contribution is -0.117. The first-order chi connectivity index (χ1) is 14.5. The van der Waals surface area contributed by atoms with Crippen molar-refractivity contribution >= 4 is 27.1 Å². The van der Waals surface area contributed by atoms with Crippen molar-refractivity contribution in [1.29, 1.82) is 0 Å². The molecule has 3 rings (SSSR count). The van der Waals surface area contributed by atoms with Crippen molar-refractivity contribution in [2.45, 2.75) is 24.3 Å². The van der Waals surface area contributed by atoms with Gasteiger partial charge >= 0.3 is 5.51 Å². The van der Waals surface area contributed by atoms with Gasteiger partial charge in [0, 0.05) is 37.6 Å². The molecule has 0 radical (unpaired) electrons. The Morgan fingerprint density at radius 1 is 0.968 bits per heavy atom. The minimum absolute atomic E-state index is 0.104. The third-order valence-corrected chi connectivity index (χ3v) is 6.80. The van der Waals surface area contributed by atoms with Crippen molar-refractivity contribution in [3.8, 4) is 0 Å². The minimum Gasteiger partial charge on any atom is -0.369 e. The zero-order chi connectivity index (χ0) is 22.8. The number of nitrogens with zero attached hydrogens (tertiary/aromatic N) is 2. The molecule has 1 saturated heterocycles. The number of halogens is 3. The van der Waals surface area contributed by atoms with E-state index in [0.717, 1.165) is 28.9 Å².